The Morgan fingerprint density at radius 1 is 1.61 bits per heavy atom. The minimum absolute atomic E-state index is 0.243. The fourth-order valence-electron chi connectivity index (χ4n) is 2.39. The number of nitrogens with zero attached hydrogens (tertiary/aromatic N) is 2. The Balaban J connectivity index is 1.93. The lowest BCUT2D eigenvalue weighted by Gasteiger charge is -2.14. The molecule has 1 aliphatic heterocycles. The van der Waals surface area contributed by atoms with Gasteiger partial charge in [-0.1, -0.05) is 0 Å². The van der Waals surface area contributed by atoms with Gasteiger partial charge in [0.1, 0.15) is 5.76 Å². The van der Waals surface area contributed by atoms with E-state index in [0.717, 1.165) is 30.8 Å². The molecular weight excluding hydrogens is 234 g/mol. The van der Waals surface area contributed by atoms with Crippen LogP contribution >= 0.6 is 0 Å². The van der Waals surface area contributed by atoms with Gasteiger partial charge in [-0.15, -0.1) is 4.74 Å². The van der Waals surface area contributed by atoms with Crippen molar-refractivity contribution >= 4 is 5.91 Å². The van der Waals surface area contributed by atoms with Crippen LogP contribution in [-0.2, 0) is 0 Å². The van der Waals surface area contributed by atoms with Crippen LogP contribution in [0.3, 0.4) is 0 Å². The molecule has 6 heteroatoms. The maximum atomic E-state index is 11.9. The van der Waals surface area contributed by atoms with E-state index in [1.54, 1.807) is 6.92 Å². The first kappa shape index (κ1) is 13.0. The first-order valence-electron chi connectivity index (χ1n) is 6.20. The number of hydrogen-bond acceptors (Lipinski definition) is 5. The molecule has 1 aliphatic rings. The second-order valence-electron chi connectivity index (χ2n) is 4.82. The summed E-state index contributed by atoms with van der Waals surface area (Å²) in [6.45, 7) is 4.65. The van der Waals surface area contributed by atoms with Gasteiger partial charge in [-0.05, 0) is 39.4 Å². The summed E-state index contributed by atoms with van der Waals surface area (Å²) in [5, 5.41) is 3.14. The average Bonchev–Trinajstić information content (AvgIpc) is 2.86. The highest BCUT2D eigenvalue weighted by Crippen LogP contribution is 2.14. The summed E-state index contributed by atoms with van der Waals surface area (Å²) >= 11 is 0. The average molecular weight is 253 g/mol. The van der Waals surface area contributed by atoms with Crippen LogP contribution in [0.5, 0.6) is 0 Å². The molecule has 2 heterocycles. The zero-order valence-electron chi connectivity index (χ0n) is 10.8. The smallest absolute Gasteiger partial charge is 0.290 e. The predicted molar refractivity (Wildman–Crippen MR) is 66.8 cm³/mol. The Morgan fingerprint density at radius 2 is 2.39 bits per heavy atom. The Labute approximate surface area is 106 Å². The molecule has 0 aliphatic carbocycles. The minimum atomic E-state index is -0.386. The SMILES string of the molecule is CNCC1CCN(CC(=O)n2oc(C)cc2=O)C1. The molecule has 1 saturated heterocycles. The first-order chi connectivity index (χ1) is 8.60. The van der Waals surface area contributed by atoms with Crippen molar-refractivity contribution in [2.24, 2.45) is 5.92 Å². The van der Waals surface area contributed by atoms with Gasteiger partial charge < -0.3 is 9.84 Å². The van der Waals surface area contributed by atoms with E-state index in [2.05, 4.69) is 10.2 Å². The molecule has 18 heavy (non-hydrogen) atoms. The van der Waals surface area contributed by atoms with Gasteiger partial charge in [0.2, 0.25) is 0 Å². The van der Waals surface area contributed by atoms with E-state index in [-0.39, 0.29) is 18.0 Å². The van der Waals surface area contributed by atoms with Gasteiger partial charge in [-0.2, -0.15) is 0 Å². The van der Waals surface area contributed by atoms with Gasteiger partial charge in [-0.3, -0.25) is 14.5 Å². The molecule has 100 valence electrons. The molecule has 1 N–H and O–H groups in total. The van der Waals surface area contributed by atoms with Crippen LogP contribution in [0, 0.1) is 12.8 Å². The highest BCUT2D eigenvalue weighted by Gasteiger charge is 2.24. The van der Waals surface area contributed by atoms with Crippen molar-refractivity contribution in [1.29, 1.82) is 0 Å². The molecule has 1 fully saturated rings. The Hall–Kier alpha value is -1.40. The fourth-order valence-corrected chi connectivity index (χ4v) is 2.39. The Bertz CT molecular complexity index is 477. The first-order valence-corrected chi connectivity index (χ1v) is 6.20. The molecule has 0 radical (unpaired) electrons. The van der Waals surface area contributed by atoms with Crippen LogP contribution in [0.4, 0.5) is 0 Å². The van der Waals surface area contributed by atoms with E-state index < -0.39 is 0 Å². The molecule has 2 rings (SSSR count). The van der Waals surface area contributed by atoms with Gasteiger partial charge in [0.15, 0.2) is 0 Å². The standard InChI is InChI=1S/C12H19N3O3/c1-9-5-11(16)15(18-9)12(17)8-14-4-3-10(7-14)6-13-2/h5,10,13H,3-4,6-8H2,1-2H3. The summed E-state index contributed by atoms with van der Waals surface area (Å²) in [5.41, 5.74) is -0.386. The maximum absolute atomic E-state index is 11.9. The van der Waals surface area contributed by atoms with Crippen LogP contribution in [0.15, 0.2) is 15.4 Å². The summed E-state index contributed by atoms with van der Waals surface area (Å²) in [4.78, 5) is 25.4. The third-order valence-corrected chi connectivity index (χ3v) is 3.21. The van der Waals surface area contributed by atoms with Crippen LogP contribution in [0.1, 0.15) is 17.0 Å². The lowest BCUT2D eigenvalue weighted by Crippen LogP contribution is -2.34. The zero-order chi connectivity index (χ0) is 13.1. The summed E-state index contributed by atoms with van der Waals surface area (Å²) < 4.78 is 5.92. The number of nitrogens with one attached hydrogen (secondary N) is 1. The van der Waals surface area contributed by atoms with E-state index in [9.17, 15) is 9.59 Å². The topological polar surface area (TPSA) is 67.5 Å². The van der Waals surface area contributed by atoms with Crippen molar-refractivity contribution in [3.8, 4) is 0 Å². The van der Waals surface area contributed by atoms with Crippen LogP contribution in [0.2, 0.25) is 0 Å². The maximum Gasteiger partial charge on any atom is 0.290 e. The third-order valence-electron chi connectivity index (χ3n) is 3.21. The molecule has 0 spiro atoms. The van der Waals surface area contributed by atoms with E-state index in [1.165, 1.54) is 6.07 Å². The number of carbonyl (C=O) groups excluding carboxylic acids is 1. The number of hydrogen-bond donors (Lipinski definition) is 1. The third kappa shape index (κ3) is 2.88. The van der Waals surface area contributed by atoms with E-state index >= 15 is 0 Å². The second kappa shape index (κ2) is 5.49. The minimum Gasteiger partial charge on any atom is -0.373 e. The quantitative estimate of drug-likeness (QED) is 0.813. The summed E-state index contributed by atoms with van der Waals surface area (Å²) in [5.74, 6) is 0.749. The number of carbonyl (C=O) groups is 1. The van der Waals surface area contributed by atoms with Gasteiger partial charge in [-0.25, -0.2) is 0 Å². The monoisotopic (exact) mass is 253 g/mol. The van der Waals surface area contributed by atoms with Gasteiger partial charge in [0.25, 0.3) is 11.5 Å². The van der Waals surface area contributed by atoms with Crippen molar-refractivity contribution < 1.29 is 9.32 Å². The molecule has 0 saturated carbocycles. The zero-order valence-corrected chi connectivity index (χ0v) is 10.8. The van der Waals surface area contributed by atoms with Crippen molar-refractivity contribution in [2.45, 2.75) is 13.3 Å². The Morgan fingerprint density at radius 3 is 3.00 bits per heavy atom. The van der Waals surface area contributed by atoms with E-state index in [0.29, 0.717) is 11.7 Å². The normalized spacial score (nSPS) is 20.4. The summed E-state index contributed by atoms with van der Waals surface area (Å²) in [6, 6.07) is 1.33. The largest absolute Gasteiger partial charge is 0.373 e. The second-order valence-corrected chi connectivity index (χ2v) is 4.82. The molecule has 0 aromatic carbocycles. The molecule has 1 unspecified atom stereocenters. The molecule has 1 atom stereocenters. The predicted octanol–water partition coefficient (Wildman–Crippen LogP) is -0.0688. The van der Waals surface area contributed by atoms with E-state index in [4.69, 9.17) is 4.52 Å². The molecule has 1 aromatic rings. The van der Waals surface area contributed by atoms with Gasteiger partial charge >= 0.3 is 0 Å². The summed E-state index contributed by atoms with van der Waals surface area (Å²) in [6.07, 6.45) is 1.08. The van der Waals surface area contributed by atoms with Crippen molar-refractivity contribution in [1.82, 2.24) is 15.0 Å². The molecule has 6 nitrogen and oxygen atoms in total. The molecule has 0 bridgehead atoms. The van der Waals surface area contributed by atoms with Crippen molar-refractivity contribution in [2.75, 3.05) is 33.2 Å². The number of rotatable bonds is 4. The summed E-state index contributed by atoms with van der Waals surface area (Å²) in [7, 11) is 1.93. The molecule has 0 amide bonds. The highest BCUT2D eigenvalue weighted by molar-refractivity contribution is 5.79. The van der Waals surface area contributed by atoms with Gasteiger partial charge in [0, 0.05) is 12.6 Å². The Kier molecular flexibility index (Phi) is 3.98. The van der Waals surface area contributed by atoms with Gasteiger partial charge in [0.05, 0.1) is 6.54 Å². The molecular formula is C12H19N3O3. The molecule has 1 aromatic heterocycles. The lowest BCUT2D eigenvalue weighted by molar-refractivity contribution is 0.0727. The van der Waals surface area contributed by atoms with Crippen molar-refractivity contribution in [3.63, 3.8) is 0 Å². The van der Waals surface area contributed by atoms with Crippen LogP contribution in [-0.4, -0.2) is 48.8 Å². The van der Waals surface area contributed by atoms with Crippen LogP contribution < -0.4 is 10.9 Å². The number of likely N-dealkylation sites (tertiary alicyclic amines) is 1. The van der Waals surface area contributed by atoms with Crippen molar-refractivity contribution in [3.05, 3.63) is 22.2 Å². The number of aryl methyl sites for hydroxylation is 1. The fraction of sp³-hybridized carbons (Fsp3) is 0.667. The lowest BCUT2D eigenvalue weighted by atomic mass is 10.1. The highest BCUT2D eigenvalue weighted by atomic mass is 16.5. The van der Waals surface area contributed by atoms with Crippen LogP contribution in [0.25, 0.3) is 0 Å². The number of aromatic nitrogens is 1. The van der Waals surface area contributed by atoms with E-state index in [1.807, 2.05) is 7.05 Å².